The van der Waals surface area contributed by atoms with Gasteiger partial charge in [-0.05, 0) is 32.0 Å². The second-order valence-electron chi connectivity index (χ2n) is 7.66. The number of morpholine rings is 1. The molecular formula is C21H29N5O4S. The summed E-state index contributed by atoms with van der Waals surface area (Å²) in [7, 11) is -1.89. The maximum atomic E-state index is 13.0. The zero-order valence-electron chi connectivity index (χ0n) is 18.2. The minimum atomic E-state index is -3.60. The van der Waals surface area contributed by atoms with Gasteiger partial charge in [0.05, 0.1) is 41.6 Å². The van der Waals surface area contributed by atoms with E-state index in [0.717, 1.165) is 11.3 Å². The summed E-state index contributed by atoms with van der Waals surface area (Å²) in [5.41, 5.74) is 1.45. The Morgan fingerprint density at radius 2 is 2.06 bits per heavy atom. The molecule has 10 heteroatoms. The number of sulfonamides is 1. The molecule has 0 saturated carbocycles. The quantitative estimate of drug-likeness (QED) is 0.610. The van der Waals surface area contributed by atoms with Crippen LogP contribution in [-0.4, -0.2) is 72.5 Å². The SMILES string of the molecule is CCn1c(CCC(=O)N(C)C(C)CC#N)nc2cc(S(=O)(=O)N3CCOCC3)ccc21. The fraction of sp³-hybridized carbons (Fsp3) is 0.571. The third-order valence-corrected chi connectivity index (χ3v) is 7.62. The van der Waals surface area contributed by atoms with E-state index in [4.69, 9.17) is 10.00 Å². The number of imidazole rings is 1. The Balaban J connectivity index is 1.82. The lowest BCUT2D eigenvalue weighted by Crippen LogP contribution is -2.40. The summed E-state index contributed by atoms with van der Waals surface area (Å²) in [6.07, 6.45) is 1.00. The molecule has 2 heterocycles. The van der Waals surface area contributed by atoms with Crippen LogP contribution in [0.15, 0.2) is 23.1 Å². The highest BCUT2D eigenvalue weighted by Gasteiger charge is 2.27. The number of hydrogen-bond acceptors (Lipinski definition) is 6. The number of rotatable bonds is 8. The van der Waals surface area contributed by atoms with Gasteiger partial charge in [0, 0.05) is 45.6 Å². The zero-order chi connectivity index (χ0) is 22.6. The predicted molar refractivity (Wildman–Crippen MR) is 116 cm³/mol. The zero-order valence-corrected chi connectivity index (χ0v) is 19.1. The van der Waals surface area contributed by atoms with Crippen molar-refractivity contribution < 1.29 is 17.9 Å². The second-order valence-corrected chi connectivity index (χ2v) is 9.59. The summed E-state index contributed by atoms with van der Waals surface area (Å²) in [6, 6.07) is 6.95. The average molecular weight is 448 g/mol. The molecule has 168 valence electrons. The van der Waals surface area contributed by atoms with Crippen molar-refractivity contribution in [3.63, 3.8) is 0 Å². The summed E-state index contributed by atoms with van der Waals surface area (Å²) in [5, 5.41) is 8.83. The predicted octanol–water partition coefficient (Wildman–Crippen LogP) is 1.77. The fourth-order valence-electron chi connectivity index (χ4n) is 3.71. The number of benzene rings is 1. The number of aryl methyl sites for hydroxylation is 2. The Morgan fingerprint density at radius 3 is 2.71 bits per heavy atom. The van der Waals surface area contributed by atoms with Gasteiger partial charge in [-0.25, -0.2) is 13.4 Å². The van der Waals surface area contributed by atoms with Crippen LogP contribution in [-0.2, 0) is 32.5 Å². The van der Waals surface area contributed by atoms with Crippen LogP contribution < -0.4 is 0 Å². The lowest BCUT2D eigenvalue weighted by molar-refractivity contribution is -0.131. The minimum absolute atomic E-state index is 0.0481. The highest BCUT2D eigenvalue weighted by molar-refractivity contribution is 7.89. The molecule has 0 aliphatic carbocycles. The first-order valence-electron chi connectivity index (χ1n) is 10.5. The molecule has 0 bridgehead atoms. The van der Waals surface area contributed by atoms with Gasteiger partial charge in [0.1, 0.15) is 5.82 Å². The van der Waals surface area contributed by atoms with Crippen LogP contribution in [0.5, 0.6) is 0 Å². The first-order valence-corrected chi connectivity index (χ1v) is 11.9. The number of nitrogens with zero attached hydrogens (tertiary/aromatic N) is 5. The average Bonchev–Trinajstić information content (AvgIpc) is 3.14. The first kappa shape index (κ1) is 23.2. The van der Waals surface area contributed by atoms with Crippen LogP contribution in [0.1, 0.15) is 32.5 Å². The van der Waals surface area contributed by atoms with Crippen molar-refractivity contribution in [3.8, 4) is 6.07 Å². The van der Waals surface area contributed by atoms with Gasteiger partial charge in [0.15, 0.2) is 0 Å². The van der Waals surface area contributed by atoms with Crippen LogP contribution in [0.3, 0.4) is 0 Å². The fourth-order valence-corrected chi connectivity index (χ4v) is 5.14. The normalized spacial score (nSPS) is 16.2. The summed E-state index contributed by atoms with van der Waals surface area (Å²) in [4.78, 5) is 19.0. The third-order valence-electron chi connectivity index (χ3n) is 5.73. The van der Waals surface area contributed by atoms with Crippen LogP contribution >= 0.6 is 0 Å². The van der Waals surface area contributed by atoms with Crippen LogP contribution in [0.4, 0.5) is 0 Å². The number of ether oxygens (including phenoxy) is 1. The van der Waals surface area contributed by atoms with E-state index in [9.17, 15) is 13.2 Å². The molecule has 1 aromatic carbocycles. The Hall–Kier alpha value is -2.48. The molecule has 0 N–H and O–H groups in total. The topological polar surface area (TPSA) is 109 Å². The number of amides is 1. The van der Waals surface area contributed by atoms with Crippen molar-refractivity contribution in [2.24, 2.45) is 0 Å². The van der Waals surface area contributed by atoms with Gasteiger partial charge >= 0.3 is 0 Å². The Labute approximate surface area is 183 Å². The first-order chi connectivity index (χ1) is 14.8. The molecule has 1 amide bonds. The van der Waals surface area contributed by atoms with Crippen molar-refractivity contribution in [2.75, 3.05) is 33.4 Å². The van der Waals surface area contributed by atoms with Gasteiger partial charge < -0.3 is 14.2 Å². The van der Waals surface area contributed by atoms with Gasteiger partial charge in [-0.3, -0.25) is 4.79 Å². The summed E-state index contributed by atoms with van der Waals surface area (Å²) < 4.78 is 34.6. The molecule has 3 rings (SSSR count). The minimum Gasteiger partial charge on any atom is -0.379 e. The van der Waals surface area contributed by atoms with E-state index < -0.39 is 10.0 Å². The second kappa shape index (κ2) is 9.77. The van der Waals surface area contributed by atoms with E-state index in [0.29, 0.717) is 44.8 Å². The van der Waals surface area contributed by atoms with Crippen molar-refractivity contribution in [2.45, 2.75) is 50.6 Å². The number of carbonyl (C=O) groups is 1. The van der Waals surface area contributed by atoms with E-state index in [1.807, 2.05) is 18.4 Å². The molecule has 1 atom stereocenters. The standard InChI is InChI=1S/C21H29N5O4S/c1-4-26-19-6-5-17(31(28,29)25-11-13-30-14-12-25)15-18(19)23-20(26)7-8-21(27)24(3)16(2)9-10-22/h5-6,15-16H,4,7-9,11-14H2,1-3H3. The molecule has 1 aliphatic rings. The van der Waals surface area contributed by atoms with Crippen molar-refractivity contribution in [1.29, 1.82) is 5.26 Å². The molecule has 0 radical (unpaired) electrons. The highest BCUT2D eigenvalue weighted by atomic mass is 32.2. The molecule has 31 heavy (non-hydrogen) atoms. The van der Waals surface area contributed by atoms with Gasteiger partial charge in [-0.1, -0.05) is 0 Å². The lowest BCUT2D eigenvalue weighted by Gasteiger charge is -2.26. The molecular weight excluding hydrogens is 418 g/mol. The molecule has 1 aliphatic heterocycles. The number of nitriles is 1. The molecule has 2 aromatic rings. The smallest absolute Gasteiger partial charge is 0.243 e. The third kappa shape index (κ3) is 4.89. The largest absolute Gasteiger partial charge is 0.379 e. The van der Waals surface area contributed by atoms with E-state index >= 15 is 0 Å². The Kier molecular flexibility index (Phi) is 7.30. The van der Waals surface area contributed by atoms with Crippen LogP contribution in [0.2, 0.25) is 0 Å². The molecule has 1 aromatic heterocycles. The Morgan fingerprint density at radius 1 is 1.35 bits per heavy atom. The maximum absolute atomic E-state index is 13.0. The summed E-state index contributed by atoms with van der Waals surface area (Å²) in [6.45, 7) is 5.97. The van der Waals surface area contributed by atoms with E-state index in [1.165, 1.54) is 4.31 Å². The number of carbonyl (C=O) groups excluding carboxylic acids is 1. The number of hydrogen-bond donors (Lipinski definition) is 0. The number of fused-ring (bicyclic) bond motifs is 1. The van der Waals surface area contributed by atoms with Crippen molar-refractivity contribution in [1.82, 2.24) is 18.8 Å². The highest BCUT2D eigenvalue weighted by Crippen LogP contribution is 2.24. The van der Waals surface area contributed by atoms with Gasteiger partial charge in [-0.15, -0.1) is 0 Å². The molecule has 1 unspecified atom stereocenters. The maximum Gasteiger partial charge on any atom is 0.243 e. The van der Waals surface area contributed by atoms with Crippen molar-refractivity contribution >= 4 is 27.0 Å². The van der Waals surface area contributed by atoms with Crippen LogP contribution in [0.25, 0.3) is 11.0 Å². The molecule has 1 fully saturated rings. The summed E-state index contributed by atoms with van der Waals surface area (Å²) >= 11 is 0. The molecule has 9 nitrogen and oxygen atoms in total. The van der Waals surface area contributed by atoms with Gasteiger partial charge in [0.2, 0.25) is 15.9 Å². The number of aromatic nitrogens is 2. The van der Waals surface area contributed by atoms with E-state index in [2.05, 4.69) is 11.1 Å². The monoisotopic (exact) mass is 447 g/mol. The van der Waals surface area contributed by atoms with Crippen molar-refractivity contribution in [3.05, 3.63) is 24.0 Å². The van der Waals surface area contributed by atoms with E-state index in [-0.39, 0.29) is 29.7 Å². The summed E-state index contributed by atoms with van der Waals surface area (Å²) in [5.74, 6) is 0.696. The molecule has 0 spiro atoms. The van der Waals surface area contributed by atoms with Crippen LogP contribution in [0, 0.1) is 11.3 Å². The van der Waals surface area contributed by atoms with Gasteiger partial charge in [-0.2, -0.15) is 9.57 Å². The molecule has 1 saturated heterocycles. The van der Waals surface area contributed by atoms with E-state index in [1.54, 1.807) is 30.1 Å². The van der Waals surface area contributed by atoms with Gasteiger partial charge in [0.25, 0.3) is 0 Å². The Bertz CT molecular complexity index is 1080. The lowest BCUT2D eigenvalue weighted by atomic mass is 10.2.